The first-order valence-electron chi connectivity index (χ1n) is 5.06. The summed E-state index contributed by atoms with van der Waals surface area (Å²) in [5.74, 6) is 0.109. The summed E-state index contributed by atoms with van der Waals surface area (Å²) in [5, 5.41) is 9.30. The van der Waals surface area contributed by atoms with Crippen molar-refractivity contribution in [3.8, 4) is 16.9 Å². The van der Waals surface area contributed by atoms with E-state index in [9.17, 15) is 9.90 Å². The number of phenolic OH excluding ortho intramolecular Hbond substituents is 1. The maximum absolute atomic E-state index is 10.9. The van der Waals surface area contributed by atoms with Crippen LogP contribution in [-0.2, 0) is 0 Å². The van der Waals surface area contributed by atoms with Gasteiger partial charge in [-0.15, -0.1) is 0 Å². The van der Waals surface area contributed by atoms with Crippen LogP contribution in [-0.4, -0.2) is 11.4 Å². The molecule has 2 rings (SSSR count). The minimum absolute atomic E-state index is 0.109. The molecule has 0 aliphatic carbocycles. The summed E-state index contributed by atoms with van der Waals surface area (Å²) < 4.78 is 0. The minimum Gasteiger partial charge on any atom is -0.508 e. The van der Waals surface area contributed by atoms with Crippen LogP contribution in [0, 0.1) is 6.92 Å². The Balaban J connectivity index is 2.55. The zero-order chi connectivity index (χ0) is 11.5. The van der Waals surface area contributed by atoms with Crippen molar-refractivity contribution in [1.82, 2.24) is 0 Å². The van der Waals surface area contributed by atoms with Crippen molar-refractivity contribution in [2.45, 2.75) is 6.92 Å². The second-order valence-electron chi connectivity index (χ2n) is 3.76. The van der Waals surface area contributed by atoms with Gasteiger partial charge in [-0.3, -0.25) is 4.79 Å². The molecular formula is C14H12O2. The van der Waals surface area contributed by atoms with E-state index in [-0.39, 0.29) is 5.75 Å². The van der Waals surface area contributed by atoms with Crippen molar-refractivity contribution >= 4 is 6.29 Å². The summed E-state index contributed by atoms with van der Waals surface area (Å²) in [5.41, 5.74) is 3.50. The van der Waals surface area contributed by atoms with E-state index in [4.69, 9.17) is 0 Å². The van der Waals surface area contributed by atoms with Crippen molar-refractivity contribution in [1.29, 1.82) is 0 Å². The fraction of sp³-hybridized carbons (Fsp3) is 0.0714. The first-order chi connectivity index (χ1) is 7.70. The highest BCUT2D eigenvalue weighted by molar-refractivity contribution is 5.88. The van der Waals surface area contributed by atoms with E-state index in [1.807, 2.05) is 31.2 Å². The molecule has 2 heteroatoms. The van der Waals surface area contributed by atoms with Crippen LogP contribution >= 0.6 is 0 Å². The van der Waals surface area contributed by atoms with Crippen molar-refractivity contribution in [3.05, 3.63) is 53.6 Å². The van der Waals surface area contributed by atoms with E-state index >= 15 is 0 Å². The first-order valence-corrected chi connectivity index (χ1v) is 5.06. The molecule has 0 heterocycles. The van der Waals surface area contributed by atoms with Gasteiger partial charge in [-0.25, -0.2) is 0 Å². The zero-order valence-electron chi connectivity index (χ0n) is 8.97. The van der Waals surface area contributed by atoms with Gasteiger partial charge in [0.05, 0.1) is 0 Å². The van der Waals surface area contributed by atoms with E-state index in [1.54, 1.807) is 12.1 Å². The lowest BCUT2D eigenvalue weighted by Gasteiger charge is -2.05. The Kier molecular flexibility index (Phi) is 2.73. The SMILES string of the molecule is Cc1ccc(-c2ccc(O)cc2C=O)cc1. The van der Waals surface area contributed by atoms with Crippen LogP contribution in [0.15, 0.2) is 42.5 Å². The Morgan fingerprint density at radius 1 is 1.06 bits per heavy atom. The Morgan fingerprint density at radius 2 is 1.75 bits per heavy atom. The van der Waals surface area contributed by atoms with Crippen molar-refractivity contribution in [2.24, 2.45) is 0 Å². The van der Waals surface area contributed by atoms with Gasteiger partial charge in [-0.05, 0) is 36.2 Å². The molecule has 16 heavy (non-hydrogen) atoms. The van der Waals surface area contributed by atoms with Crippen LogP contribution in [0.3, 0.4) is 0 Å². The number of benzene rings is 2. The standard InChI is InChI=1S/C14H12O2/c1-10-2-4-11(5-3-10)14-7-6-13(16)8-12(14)9-15/h2-9,16H,1H3. The number of aromatic hydroxyl groups is 1. The predicted molar refractivity (Wildman–Crippen MR) is 63.7 cm³/mol. The van der Waals surface area contributed by atoms with E-state index in [1.165, 1.54) is 11.6 Å². The van der Waals surface area contributed by atoms with Gasteiger partial charge in [0.15, 0.2) is 6.29 Å². The fourth-order valence-corrected chi connectivity index (χ4v) is 1.64. The van der Waals surface area contributed by atoms with Gasteiger partial charge in [-0.1, -0.05) is 29.8 Å². The lowest BCUT2D eigenvalue weighted by atomic mass is 9.99. The molecule has 0 fully saturated rings. The van der Waals surface area contributed by atoms with Crippen LogP contribution in [0.4, 0.5) is 0 Å². The summed E-state index contributed by atoms with van der Waals surface area (Å²) in [7, 11) is 0. The van der Waals surface area contributed by atoms with Crippen LogP contribution < -0.4 is 0 Å². The number of phenols is 1. The molecule has 0 saturated carbocycles. The summed E-state index contributed by atoms with van der Waals surface area (Å²) in [6.07, 6.45) is 0.759. The summed E-state index contributed by atoms with van der Waals surface area (Å²) in [6, 6.07) is 12.7. The third kappa shape index (κ3) is 1.96. The predicted octanol–water partition coefficient (Wildman–Crippen LogP) is 3.18. The largest absolute Gasteiger partial charge is 0.508 e. The second-order valence-corrected chi connectivity index (χ2v) is 3.76. The highest BCUT2D eigenvalue weighted by Gasteiger charge is 2.05. The molecular weight excluding hydrogens is 200 g/mol. The van der Waals surface area contributed by atoms with Gasteiger partial charge in [0.1, 0.15) is 5.75 Å². The third-order valence-corrected chi connectivity index (χ3v) is 2.52. The highest BCUT2D eigenvalue weighted by atomic mass is 16.3. The third-order valence-electron chi connectivity index (χ3n) is 2.52. The smallest absolute Gasteiger partial charge is 0.150 e. The number of hydrogen-bond donors (Lipinski definition) is 1. The average Bonchev–Trinajstić information content (AvgIpc) is 2.30. The summed E-state index contributed by atoms with van der Waals surface area (Å²) in [4.78, 5) is 10.9. The average molecular weight is 212 g/mol. The molecule has 0 aliphatic heterocycles. The van der Waals surface area contributed by atoms with Gasteiger partial charge in [0.25, 0.3) is 0 Å². The maximum Gasteiger partial charge on any atom is 0.150 e. The van der Waals surface area contributed by atoms with Gasteiger partial charge in [-0.2, -0.15) is 0 Å². The molecule has 0 amide bonds. The zero-order valence-corrected chi connectivity index (χ0v) is 8.97. The van der Waals surface area contributed by atoms with E-state index in [0.29, 0.717) is 5.56 Å². The molecule has 0 unspecified atom stereocenters. The monoisotopic (exact) mass is 212 g/mol. The number of carbonyl (C=O) groups excluding carboxylic acids is 1. The molecule has 0 aromatic heterocycles. The van der Waals surface area contributed by atoms with Crippen molar-refractivity contribution in [3.63, 3.8) is 0 Å². The molecule has 2 aromatic carbocycles. The maximum atomic E-state index is 10.9. The second kappa shape index (κ2) is 4.19. The molecule has 0 radical (unpaired) electrons. The Bertz CT molecular complexity index is 513. The molecule has 0 aliphatic rings. The Hall–Kier alpha value is -2.09. The minimum atomic E-state index is 0.109. The molecule has 1 N–H and O–H groups in total. The molecule has 0 atom stereocenters. The number of aryl methyl sites for hydroxylation is 1. The van der Waals surface area contributed by atoms with E-state index < -0.39 is 0 Å². The summed E-state index contributed by atoms with van der Waals surface area (Å²) in [6.45, 7) is 2.02. The van der Waals surface area contributed by atoms with E-state index in [2.05, 4.69) is 0 Å². The number of hydrogen-bond acceptors (Lipinski definition) is 2. The molecule has 0 bridgehead atoms. The highest BCUT2D eigenvalue weighted by Crippen LogP contribution is 2.26. The van der Waals surface area contributed by atoms with Crippen LogP contribution in [0.1, 0.15) is 15.9 Å². The van der Waals surface area contributed by atoms with Gasteiger partial charge >= 0.3 is 0 Å². The Labute approximate surface area is 94.2 Å². The van der Waals surface area contributed by atoms with Gasteiger partial charge < -0.3 is 5.11 Å². The molecule has 0 spiro atoms. The number of aldehydes is 1. The lowest BCUT2D eigenvalue weighted by molar-refractivity contribution is 0.112. The van der Waals surface area contributed by atoms with Crippen molar-refractivity contribution in [2.75, 3.05) is 0 Å². The van der Waals surface area contributed by atoms with Crippen LogP contribution in [0.2, 0.25) is 0 Å². The van der Waals surface area contributed by atoms with Gasteiger partial charge in [0.2, 0.25) is 0 Å². The Morgan fingerprint density at radius 3 is 2.38 bits per heavy atom. The molecule has 2 nitrogen and oxygen atoms in total. The van der Waals surface area contributed by atoms with Crippen LogP contribution in [0.25, 0.3) is 11.1 Å². The number of rotatable bonds is 2. The molecule has 2 aromatic rings. The first kappa shape index (κ1) is 10.4. The van der Waals surface area contributed by atoms with E-state index in [0.717, 1.165) is 17.4 Å². The lowest BCUT2D eigenvalue weighted by Crippen LogP contribution is -1.87. The molecule has 0 saturated heterocycles. The topological polar surface area (TPSA) is 37.3 Å². The van der Waals surface area contributed by atoms with Gasteiger partial charge in [0, 0.05) is 5.56 Å². The normalized spacial score (nSPS) is 10.1. The molecule has 80 valence electrons. The van der Waals surface area contributed by atoms with Crippen LogP contribution in [0.5, 0.6) is 5.75 Å². The van der Waals surface area contributed by atoms with Crippen molar-refractivity contribution < 1.29 is 9.90 Å². The quantitative estimate of drug-likeness (QED) is 0.776. The number of carbonyl (C=O) groups is 1. The summed E-state index contributed by atoms with van der Waals surface area (Å²) >= 11 is 0. The fourth-order valence-electron chi connectivity index (χ4n) is 1.64.